The lowest BCUT2D eigenvalue weighted by atomic mass is 10.0. The highest BCUT2D eigenvalue weighted by atomic mass is 35.5. The van der Waals surface area contributed by atoms with Gasteiger partial charge in [-0.3, -0.25) is 0 Å². The molecule has 0 spiro atoms. The van der Waals surface area contributed by atoms with Crippen LogP contribution in [0.3, 0.4) is 0 Å². The zero-order valence-corrected chi connectivity index (χ0v) is 10.6. The van der Waals surface area contributed by atoms with Crippen molar-refractivity contribution in [3.05, 3.63) is 70.5 Å². The van der Waals surface area contributed by atoms with Gasteiger partial charge in [0.2, 0.25) is 0 Å². The molecule has 0 bridgehead atoms. The Hall–Kier alpha value is -1.38. The molecular weight excluding hydrogens is 251 g/mol. The fourth-order valence-corrected chi connectivity index (χ4v) is 2.07. The van der Waals surface area contributed by atoms with Crippen molar-refractivity contribution < 1.29 is 9.50 Å². The molecule has 0 heterocycles. The lowest BCUT2D eigenvalue weighted by Crippen LogP contribution is -2.01. The Bertz CT molecular complexity index is 513. The average molecular weight is 265 g/mol. The molecule has 0 saturated carbocycles. The summed E-state index contributed by atoms with van der Waals surface area (Å²) in [6, 6.07) is 14.3. The number of halogens is 2. The summed E-state index contributed by atoms with van der Waals surface area (Å²) in [5, 5.41) is 10.1. The predicted octanol–water partition coefficient (Wildman–Crippen LogP) is 4.15. The van der Waals surface area contributed by atoms with Crippen LogP contribution in [0.4, 0.5) is 4.39 Å². The van der Waals surface area contributed by atoms with Gasteiger partial charge in [0.1, 0.15) is 5.82 Å². The van der Waals surface area contributed by atoms with Crippen molar-refractivity contribution >= 4 is 11.6 Å². The Morgan fingerprint density at radius 2 is 1.78 bits per heavy atom. The molecule has 1 atom stereocenters. The normalized spacial score (nSPS) is 12.4. The SMILES string of the molecule is OC(CCc1cccc(Cl)c1F)c1ccccc1. The average Bonchev–Trinajstić information content (AvgIpc) is 2.41. The highest BCUT2D eigenvalue weighted by molar-refractivity contribution is 6.30. The maximum atomic E-state index is 13.6. The maximum Gasteiger partial charge on any atom is 0.144 e. The monoisotopic (exact) mass is 264 g/mol. The Morgan fingerprint density at radius 1 is 1.06 bits per heavy atom. The molecule has 2 aromatic rings. The number of aliphatic hydroxyl groups is 1. The summed E-state index contributed by atoms with van der Waals surface area (Å²) < 4.78 is 13.6. The molecule has 0 aliphatic heterocycles. The van der Waals surface area contributed by atoms with Gasteiger partial charge in [0.25, 0.3) is 0 Å². The molecule has 94 valence electrons. The standard InChI is InChI=1S/C15H14ClFO/c16-13-8-4-7-12(15(13)17)9-10-14(18)11-5-2-1-3-6-11/h1-8,14,18H,9-10H2. The van der Waals surface area contributed by atoms with Crippen LogP contribution in [-0.2, 0) is 6.42 Å². The largest absolute Gasteiger partial charge is 0.388 e. The predicted molar refractivity (Wildman–Crippen MR) is 71.1 cm³/mol. The molecular formula is C15H14ClFO. The van der Waals surface area contributed by atoms with E-state index in [1.54, 1.807) is 12.1 Å². The second-order valence-electron chi connectivity index (χ2n) is 4.18. The first-order chi connectivity index (χ1) is 8.68. The number of hydrogen-bond acceptors (Lipinski definition) is 1. The number of benzene rings is 2. The molecule has 0 aliphatic carbocycles. The molecule has 0 fully saturated rings. The van der Waals surface area contributed by atoms with E-state index in [1.807, 2.05) is 30.3 Å². The molecule has 0 radical (unpaired) electrons. The van der Waals surface area contributed by atoms with Crippen molar-refractivity contribution in [2.24, 2.45) is 0 Å². The molecule has 2 rings (SSSR count). The highest BCUT2D eigenvalue weighted by Crippen LogP contribution is 2.23. The van der Waals surface area contributed by atoms with E-state index in [2.05, 4.69) is 0 Å². The van der Waals surface area contributed by atoms with E-state index >= 15 is 0 Å². The highest BCUT2D eigenvalue weighted by Gasteiger charge is 2.10. The molecule has 1 N–H and O–H groups in total. The van der Waals surface area contributed by atoms with Crippen molar-refractivity contribution in [1.82, 2.24) is 0 Å². The van der Waals surface area contributed by atoms with Crippen LogP contribution in [0.15, 0.2) is 48.5 Å². The number of rotatable bonds is 4. The molecule has 0 aromatic heterocycles. The Labute approximate surface area is 111 Å². The van der Waals surface area contributed by atoms with Gasteiger partial charge in [-0.2, -0.15) is 0 Å². The Morgan fingerprint density at radius 3 is 2.50 bits per heavy atom. The third-order valence-electron chi connectivity index (χ3n) is 2.90. The van der Waals surface area contributed by atoms with Gasteiger partial charge in [-0.05, 0) is 30.0 Å². The fraction of sp³-hybridized carbons (Fsp3) is 0.200. The van der Waals surface area contributed by atoms with E-state index in [4.69, 9.17) is 11.6 Å². The van der Waals surface area contributed by atoms with Gasteiger partial charge in [0.05, 0.1) is 11.1 Å². The summed E-state index contributed by atoms with van der Waals surface area (Å²) in [6.07, 6.45) is 0.355. The quantitative estimate of drug-likeness (QED) is 0.880. The topological polar surface area (TPSA) is 20.2 Å². The van der Waals surface area contributed by atoms with Gasteiger partial charge in [-0.15, -0.1) is 0 Å². The van der Waals surface area contributed by atoms with Crippen molar-refractivity contribution in [2.45, 2.75) is 18.9 Å². The van der Waals surface area contributed by atoms with Crippen molar-refractivity contribution in [2.75, 3.05) is 0 Å². The van der Waals surface area contributed by atoms with E-state index in [0.717, 1.165) is 5.56 Å². The Balaban J connectivity index is 2.02. The summed E-state index contributed by atoms with van der Waals surface area (Å²) in [4.78, 5) is 0. The van der Waals surface area contributed by atoms with Gasteiger partial charge < -0.3 is 5.11 Å². The fourth-order valence-electron chi connectivity index (χ4n) is 1.88. The zero-order valence-electron chi connectivity index (χ0n) is 9.81. The first-order valence-corrected chi connectivity index (χ1v) is 6.22. The van der Waals surface area contributed by atoms with Gasteiger partial charge in [-0.1, -0.05) is 54.1 Å². The van der Waals surface area contributed by atoms with Crippen LogP contribution < -0.4 is 0 Å². The van der Waals surface area contributed by atoms with Gasteiger partial charge >= 0.3 is 0 Å². The zero-order chi connectivity index (χ0) is 13.0. The van der Waals surface area contributed by atoms with Crippen LogP contribution in [0, 0.1) is 5.82 Å². The third kappa shape index (κ3) is 3.09. The molecule has 1 nitrogen and oxygen atoms in total. The lowest BCUT2D eigenvalue weighted by Gasteiger charge is -2.11. The minimum Gasteiger partial charge on any atom is -0.388 e. The van der Waals surface area contributed by atoms with Crippen LogP contribution in [0.2, 0.25) is 5.02 Å². The van der Waals surface area contributed by atoms with Crippen LogP contribution >= 0.6 is 11.6 Å². The van der Waals surface area contributed by atoms with Gasteiger partial charge in [0, 0.05) is 0 Å². The van der Waals surface area contributed by atoms with Crippen LogP contribution in [-0.4, -0.2) is 5.11 Å². The van der Waals surface area contributed by atoms with Gasteiger partial charge in [-0.25, -0.2) is 4.39 Å². The second-order valence-corrected chi connectivity index (χ2v) is 4.59. The van der Waals surface area contributed by atoms with Crippen LogP contribution in [0.25, 0.3) is 0 Å². The molecule has 0 amide bonds. The minimum atomic E-state index is -0.579. The molecule has 0 aliphatic rings. The molecule has 18 heavy (non-hydrogen) atoms. The molecule has 0 saturated heterocycles. The smallest absolute Gasteiger partial charge is 0.144 e. The second kappa shape index (κ2) is 5.98. The minimum absolute atomic E-state index is 0.127. The summed E-state index contributed by atoms with van der Waals surface area (Å²) >= 11 is 5.71. The van der Waals surface area contributed by atoms with E-state index in [9.17, 15) is 9.50 Å². The molecule has 2 aromatic carbocycles. The number of aliphatic hydroxyl groups excluding tert-OH is 1. The summed E-state index contributed by atoms with van der Waals surface area (Å²) in [7, 11) is 0. The third-order valence-corrected chi connectivity index (χ3v) is 3.19. The van der Waals surface area contributed by atoms with E-state index in [1.165, 1.54) is 6.07 Å². The summed E-state index contributed by atoms with van der Waals surface area (Å²) in [5.74, 6) is -0.389. The summed E-state index contributed by atoms with van der Waals surface area (Å²) in [5.41, 5.74) is 1.39. The van der Waals surface area contributed by atoms with E-state index in [-0.39, 0.29) is 10.8 Å². The molecule has 1 unspecified atom stereocenters. The first-order valence-electron chi connectivity index (χ1n) is 5.84. The van der Waals surface area contributed by atoms with Crippen molar-refractivity contribution in [1.29, 1.82) is 0 Å². The van der Waals surface area contributed by atoms with E-state index < -0.39 is 6.10 Å². The Kier molecular flexibility index (Phi) is 4.34. The lowest BCUT2D eigenvalue weighted by molar-refractivity contribution is 0.167. The van der Waals surface area contributed by atoms with Gasteiger partial charge in [0.15, 0.2) is 0 Å². The maximum absolute atomic E-state index is 13.6. The van der Waals surface area contributed by atoms with Crippen LogP contribution in [0.1, 0.15) is 23.7 Å². The van der Waals surface area contributed by atoms with E-state index in [0.29, 0.717) is 18.4 Å². The van der Waals surface area contributed by atoms with Crippen LogP contribution in [0.5, 0.6) is 0 Å². The molecule has 3 heteroatoms. The van der Waals surface area contributed by atoms with Crippen molar-refractivity contribution in [3.63, 3.8) is 0 Å². The van der Waals surface area contributed by atoms with Crippen molar-refractivity contribution in [3.8, 4) is 0 Å². The number of hydrogen-bond donors (Lipinski definition) is 1. The first kappa shape index (κ1) is 13.1. The summed E-state index contributed by atoms with van der Waals surface area (Å²) in [6.45, 7) is 0. The number of aryl methyl sites for hydroxylation is 1.